The second-order valence-corrected chi connectivity index (χ2v) is 5.62. The molecule has 0 aliphatic carbocycles. The molecule has 0 radical (unpaired) electrons. The summed E-state index contributed by atoms with van der Waals surface area (Å²) in [4.78, 5) is 12.1. The first-order valence-electron chi connectivity index (χ1n) is 5.48. The third-order valence-electron chi connectivity index (χ3n) is 2.21. The molecule has 1 aromatic carbocycles. The molecule has 0 saturated heterocycles. The molecule has 4 heteroatoms. The molecule has 3 N–H and O–H groups in total. The molecule has 0 heterocycles. The molecule has 0 bridgehead atoms. The molecular formula is C13H18N2OS. The lowest BCUT2D eigenvalue weighted by molar-refractivity contribution is 0.0939. The van der Waals surface area contributed by atoms with Gasteiger partial charge in [0.1, 0.15) is 4.99 Å². The molecule has 1 amide bonds. The van der Waals surface area contributed by atoms with E-state index in [1.807, 2.05) is 0 Å². The molecule has 3 nitrogen and oxygen atoms in total. The van der Waals surface area contributed by atoms with Gasteiger partial charge in [-0.15, -0.1) is 0 Å². The average molecular weight is 250 g/mol. The van der Waals surface area contributed by atoms with E-state index in [9.17, 15) is 4.79 Å². The fraction of sp³-hybridized carbons (Fsp3) is 0.385. The highest BCUT2D eigenvalue weighted by Crippen LogP contribution is 2.11. The predicted molar refractivity (Wildman–Crippen MR) is 74.1 cm³/mol. The number of benzene rings is 1. The topological polar surface area (TPSA) is 55.1 Å². The predicted octanol–water partition coefficient (Wildman–Crippen LogP) is 2.10. The van der Waals surface area contributed by atoms with Gasteiger partial charge in [0.15, 0.2) is 0 Å². The van der Waals surface area contributed by atoms with Gasteiger partial charge in [-0.25, -0.2) is 0 Å². The summed E-state index contributed by atoms with van der Waals surface area (Å²) in [7, 11) is 0. The molecule has 0 atom stereocenters. The summed E-state index contributed by atoms with van der Waals surface area (Å²) in [5.41, 5.74) is 6.95. The lowest BCUT2D eigenvalue weighted by Gasteiger charge is -2.18. The third kappa shape index (κ3) is 4.53. The number of rotatable bonds is 3. The first-order chi connectivity index (χ1) is 7.79. The van der Waals surface area contributed by atoms with Crippen molar-refractivity contribution in [3.63, 3.8) is 0 Å². The van der Waals surface area contributed by atoms with Crippen LogP contribution < -0.4 is 11.1 Å². The molecule has 1 rings (SSSR count). The Labute approximate surface area is 107 Å². The van der Waals surface area contributed by atoms with Gasteiger partial charge in [-0.2, -0.15) is 0 Å². The molecule has 0 spiro atoms. The van der Waals surface area contributed by atoms with Crippen molar-refractivity contribution in [2.45, 2.75) is 20.8 Å². The smallest absolute Gasteiger partial charge is 0.251 e. The minimum absolute atomic E-state index is 0.0746. The van der Waals surface area contributed by atoms with Gasteiger partial charge in [-0.3, -0.25) is 4.79 Å². The number of hydrogen-bond donors (Lipinski definition) is 2. The number of hydrogen-bond acceptors (Lipinski definition) is 2. The largest absolute Gasteiger partial charge is 0.389 e. The number of nitrogens with one attached hydrogen (secondary N) is 1. The van der Waals surface area contributed by atoms with Crippen LogP contribution >= 0.6 is 12.2 Å². The maximum atomic E-state index is 11.8. The van der Waals surface area contributed by atoms with E-state index >= 15 is 0 Å². The van der Waals surface area contributed by atoms with Crippen LogP contribution in [0.25, 0.3) is 0 Å². The first kappa shape index (κ1) is 13.6. The van der Waals surface area contributed by atoms with E-state index in [4.69, 9.17) is 18.0 Å². The monoisotopic (exact) mass is 250 g/mol. The molecule has 0 saturated carbocycles. The van der Waals surface area contributed by atoms with Crippen molar-refractivity contribution in [3.8, 4) is 0 Å². The van der Waals surface area contributed by atoms with Crippen molar-refractivity contribution in [3.05, 3.63) is 35.4 Å². The molecule has 17 heavy (non-hydrogen) atoms. The maximum absolute atomic E-state index is 11.8. The van der Waals surface area contributed by atoms with Crippen LogP contribution in [0.5, 0.6) is 0 Å². The summed E-state index contributed by atoms with van der Waals surface area (Å²) >= 11 is 4.85. The highest BCUT2D eigenvalue weighted by molar-refractivity contribution is 7.80. The van der Waals surface area contributed by atoms with E-state index in [1.54, 1.807) is 24.3 Å². The Morgan fingerprint density at radius 2 is 1.71 bits per heavy atom. The van der Waals surface area contributed by atoms with Gasteiger partial charge >= 0.3 is 0 Å². The molecular weight excluding hydrogens is 232 g/mol. The van der Waals surface area contributed by atoms with E-state index in [-0.39, 0.29) is 11.3 Å². The van der Waals surface area contributed by atoms with E-state index in [1.165, 1.54) is 0 Å². The van der Waals surface area contributed by atoms with Gasteiger partial charge in [-0.05, 0) is 17.5 Å². The quantitative estimate of drug-likeness (QED) is 0.808. The highest BCUT2D eigenvalue weighted by Gasteiger charge is 2.12. The van der Waals surface area contributed by atoms with Crippen LogP contribution in [0.2, 0.25) is 0 Å². The van der Waals surface area contributed by atoms with Crippen LogP contribution in [0.3, 0.4) is 0 Å². The Balaban J connectivity index is 2.67. The van der Waals surface area contributed by atoms with Gasteiger partial charge in [-0.1, -0.05) is 45.1 Å². The second-order valence-electron chi connectivity index (χ2n) is 5.18. The molecule has 92 valence electrons. The van der Waals surface area contributed by atoms with E-state index in [0.717, 1.165) is 5.56 Å². The lowest BCUT2D eigenvalue weighted by Crippen LogP contribution is -2.32. The van der Waals surface area contributed by atoms with Gasteiger partial charge in [0.05, 0.1) is 0 Å². The summed E-state index contributed by atoms with van der Waals surface area (Å²) in [5, 5.41) is 2.88. The molecule has 0 aliphatic rings. The van der Waals surface area contributed by atoms with E-state index in [2.05, 4.69) is 26.1 Å². The minimum Gasteiger partial charge on any atom is -0.389 e. The number of nitrogens with two attached hydrogens (primary N) is 1. The van der Waals surface area contributed by atoms with Crippen molar-refractivity contribution in [1.82, 2.24) is 5.32 Å². The SMILES string of the molecule is CC(C)(C)CNC(=O)c1ccc(C(N)=S)cc1. The fourth-order valence-electron chi connectivity index (χ4n) is 1.23. The second kappa shape index (κ2) is 5.27. The molecule has 0 fully saturated rings. The van der Waals surface area contributed by atoms with Gasteiger partial charge in [0.2, 0.25) is 0 Å². The molecule has 1 aromatic rings. The van der Waals surface area contributed by atoms with Crippen LogP contribution in [-0.4, -0.2) is 17.4 Å². The van der Waals surface area contributed by atoms with Crippen molar-refractivity contribution < 1.29 is 4.79 Å². The minimum atomic E-state index is -0.0746. The Morgan fingerprint density at radius 1 is 1.24 bits per heavy atom. The Hall–Kier alpha value is -1.42. The summed E-state index contributed by atoms with van der Waals surface area (Å²) in [6, 6.07) is 6.97. The van der Waals surface area contributed by atoms with Crippen LogP contribution in [-0.2, 0) is 0 Å². The number of thiocarbonyl (C=S) groups is 1. The number of amides is 1. The Morgan fingerprint density at radius 3 is 2.12 bits per heavy atom. The van der Waals surface area contributed by atoms with Gasteiger partial charge < -0.3 is 11.1 Å². The van der Waals surface area contributed by atoms with Gasteiger partial charge in [0, 0.05) is 17.7 Å². The number of carbonyl (C=O) groups excluding carboxylic acids is 1. The highest BCUT2D eigenvalue weighted by atomic mass is 32.1. The zero-order valence-electron chi connectivity index (χ0n) is 10.4. The van der Waals surface area contributed by atoms with Crippen molar-refractivity contribution in [2.24, 2.45) is 11.1 Å². The summed E-state index contributed by atoms with van der Waals surface area (Å²) in [5.74, 6) is -0.0746. The Kier molecular flexibility index (Phi) is 4.23. The molecule has 0 aromatic heterocycles. The normalized spacial score (nSPS) is 11.0. The van der Waals surface area contributed by atoms with Gasteiger partial charge in [0.25, 0.3) is 5.91 Å². The lowest BCUT2D eigenvalue weighted by atomic mass is 9.97. The van der Waals surface area contributed by atoms with Crippen molar-refractivity contribution in [1.29, 1.82) is 0 Å². The van der Waals surface area contributed by atoms with E-state index in [0.29, 0.717) is 17.1 Å². The summed E-state index contributed by atoms with van der Waals surface area (Å²) in [6.45, 7) is 6.86. The van der Waals surface area contributed by atoms with Crippen molar-refractivity contribution >= 4 is 23.1 Å². The Bertz CT molecular complexity index is 418. The summed E-state index contributed by atoms with van der Waals surface area (Å²) < 4.78 is 0. The molecule has 0 aliphatic heterocycles. The van der Waals surface area contributed by atoms with Crippen LogP contribution in [0.15, 0.2) is 24.3 Å². The summed E-state index contributed by atoms with van der Waals surface area (Å²) in [6.07, 6.45) is 0. The van der Waals surface area contributed by atoms with E-state index < -0.39 is 0 Å². The average Bonchev–Trinajstić information content (AvgIpc) is 2.25. The van der Waals surface area contributed by atoms with Crippen LogP contribution in [0.1, 0.15) is 36.7 Å². The number of carbonyl (C=O) groups is 1. The molecule has 0 unspecified atom stereocenters. The fourth-order valence-corrected chi connectivity index (χ4v) is 1.37. The van der Waals surface area contributed by atoms with Crippen LogP contribution in [0, 0.1) is 5.41 Å². The third-order valence-corrected chi connectivity index (χ3v) is 2.45. The maximum Gasteiger partial charge on any atom is 0.251 e. The van der Waals surface area contributed by atoms with Crippen molar-refractivity contribution in [2.75, 3.05) is 6.54 Å². The van der Waals surface area contributed by atoms with Crippen LogP contribution in [0.4, 0.5) is 0 Å². The zero-order valence-corrected chi connectivity index (χ0v) is 11.2. The first-order valence-corrected chi connectivity index (χ1v) is 5.88. The zero-order chi connectivity index (χ0) is 13.1. The standard InChI is InChI=1S/C13H18N2OS/c1-13(2,3)8-15-12(16)10-6-4-9(5-7-10)11(14)17/h4-7H,8H2,1-3H3,(H2,14,17)(H,15,16).